The number of aromatic carboxylic acids is 1. The van der Waals surface area contributed by atoms with Crippen molar-refractivity contribution in [1.82, 2.24) is 4.98 Å². The average molecular weight is 305 g/mol. The van der Waals surface area contributed by atoms with Gasteiger partial charge in [0.15, 0.2) is 11.5 Å². The van der Waals surface area contributed by atoms with Crippen LogP contribution in [0.2, 0.25) is 0 Å². The summed E-state index contributed by atoms with van der Waals surface area (Å²) in [4.78, 5) is 16.1. The maximum Gasteiger partial charge on any atom is 0.336 e. The summed E-state index contributed by atoms with van der Waals surface area (Å²) in [5.41, 5.74) is 0.992. The SMILES string of the molecule is COc1ccnc(CSc2ccccc2C(=O)O)c1OC. The van der Waals surface area contributed by atoms with E-state index in [4.69, 9.17) is 9.47 Å². The van der Waals surface area contributed by atoms with Crippen LogP contribution in [0.1, 0.15) is 16.1 Å². The molecule has 0 radical (unpaired) electrons. The summed E-state index contributed by atoms with van der Waals surface area (Å²) in [5.74, 6) is 0.726. The second-order valence-electron chi connectivity index (χ2n) is 4.08. The zero-order chi connectivity index (χ0) is 15.2. The molecule has 6 heteroatoms. The third-order valence-corrected chi connectivity index (χ3v) is 3.93. The Bertz CT molecular complexity index is 645. The number of methoxy groups -OCH3 is 2. The first-order chi connectivity index (χ1) is 10.2. The minimum atomic E-state index is -0.941. The highest BCUT2D eigenvalue weighted by Gasteiger charge is 2.14. The molecule has 0 saturated heterocycles. The first-order valence-electron chi connectivity index (χ1n) is 6.18. The molecule has 5 nitrogen and oxygen atoms in total. The largest absolute Gasteiger partial charge is 0.493 e. The third-order valence-electron chi connectivity index (χ3n) is 2.85. The van der Waals surface area contributed by atoms with Gasteiger partial charge in [0.25, 0.3) is 0 Å². The predicted octanol–water partition coefficient (Wildman–Crippen LogP) is 3.09. The molecule has 1 heterocycles. The van der Waals surface area contributed by atoms with Crippen LogP contribution in [0.25, 0.3) is 0 Å². The Hall–Kier alpha value is -2.21. The van der Waals surface area contributed by atoms with Crippen molar-refractivity contribution in [3.63, 3.8) is 0 Å². The van der Waals surface area contributed by atoms with Gasteiger partial charge in [-0.1, -0.05) is 12.1 Å². The van der Waals surface area contributed by atoms with Gasteiger partial charge in [-0.3, -0.25) is 4.98 Å². The van der Waals surface area contributed by atoms with Crippen molar-refractivity contribution in [2.24, 2.45) is 0 Å². The van der Waals surface area contributed by atoms with E-state index >= 15 is 0 Å². The number of thioether (sulfide) groups is 1. The predicted molar refractivity (Wildman–Crippen MR) is 80.3 cm³/mol. The van der Waals surface area contributed by atoms with Crippen molar-refractivity contribution in [3.05, 3.63) is 47.8 Å². The van der Waals surface area contributed by atoms with Gasteiger partial charge >= 0.3 is 5.97 Å². The number of carbonyl (C=O) groups is 1. The fourth-order valence-corrected chi connectivity index (χ4v) is 2.85. The van der Waals surface area contributed by atoms with E-state index in [0.29, 0.717) is 27.8 Å². The van der Waals surface area contributed by atoms with Crippen LogP contribution in [0, 0.1) is 0 Å². The number of hydrogen-bond acceptors (Lipinski definition) is 5. The number of ether oxygens (including phenoxy) is 2. The van der Waals surface area contributed by atoms with Crippen LogP contribution >= 0.6 is 11.8 Å². The molecule has 0 aliphatic rings. The molecule has 0 saturated carbocycles. The van der Waals surface area contributed by atoms with Crippen molar-refractivity contribution in [3.8, 4) is 11.5 Å². The third kappa shape index (κ3) is 3.46. The number of benzene rings is 1. The maximum atomic E-state index is 11.2. The minimum Gasteiger partial charge on any atom is -0.493 e. The van der Waals surface area contributed by atoms with E-state index in [1.807, 2.05) is 6.07 Å². The fraction of sp³-hybridized carbons (Fsp3) is 0.200. The number of aromatic nitrogens is 1. The van der Waals surface area contributed by atoms with E-state index in [0.717, 1.165) is 0 Å². The van der Waals surface area contributed by atoms with E-state index in [2.05, 4.69) is 4.98 Å². The Morgan fingerprint density at radius 2 is 2.00 bits per heavy atom. The van der Waals surface area contributed by atoms with Crippen molar-refractivity contribution < 1.29 is 19.4 Å². The monoisotopic (exact) mass is 305 g/mol. The smallest absolute Gasteiger partial charge is 0.336 e. The topological polar surface area (TPSA) is 68.7 Å². The lowest BCUT2D eigenvalue weighted by molar-refractivity contribution is 0.0693. The van der Waals surface area contributed by atoms with Gasteiger partial charge in [-0.05, 0) is 12.1 Å². The number of carboxylic acid groups (broad SMARTS) is 1. The molecule has 0 atom stereocenters. The van der Waals surface area contributed by atoms with Gasteiger partial charge < -0.3 is 14.6 Å². The lowest BCUT2D eigenvalue weighted by atomic mass is 10.2. The van der Waals surface area contributed by atoms with Crippen molar-refractivity contribution in [1.29, 1.82) is 0 Å². The van der Waals surface area contributed by atoms with Crippen LogP contribution in [0.15, 0.2) is 41.4 Å². The van der Waals surface area contributed by atoms with Crippen LogP contribution < -0.4 is 9.47 Å². The molecule has 21 heavy (non-hydrogen) atoms. The lowest BCUT2D eigenvalue weighted by Gasteiger charge is -2.11. The van der Waals surface area contributed by atoms with Gasteiger partial charge in [-0.2, -0.15) is 0 Å². The van der Waals surface area contributed by atoms with E-state index in [1.54, 1.807) is 44.7 Å². The Balaban J connectivity index is 2.23. The van der Waals surface area contributed by atoms with Gasteiger partial charge in [0.1, 0.15) is 0 Å². The summed E-state index contributed by atoms with van der Waals surface area (Å²) in [6, 6.07) is 8.60. The van der Waals surface area contributed by atoms with Crippen LogP contribution in [0.3, 0.4) is 0 Å². The molecule has 1 aromatic carbocycles. The van der Waals surface area contributed by atoms with Crippen molar-refractivity contribution in [2.45, 2.75) is 10.6 Å². The second-order valence-corrected chi connectivity index (χ2v) is 5.10. The zero-order valence-electron chi connectivity index (χ0n) is 11.7. The summed E-state index contributed by atoms with van der Waals surface area (Å²) < 4.78 is 10.5. The Labute approximate surface area is 126 Å². The second kappa shape index (κ2) is 6.99. The molecule has 1 N–H and O–H groups in total. The summed E-state index contributed by atoms with van der Waals surface area (Å²) in [6.45, 7) is 0. The quantitative estimate of drug-likeness (QED) is 0.827. The summed E-state index contributed by atoms with van der Waals surface area (Å²) in [6.07, 6.45) is 1.64. The minimum absolute atomic E-state index is 0.282. The highest BCUT2D eigenvalue weighted by atomic mass is 32.2. The fourth-order valence-electron chi connectivity index (χ4n) is 1.87. The van der Waals surface area contributed by atoms with E-state index in [1.165, 1.54) is 11.8 Å². The first kappa shape index (κ1) is 15.2. The Morgan fingerprint density at radius 1 is 1.24 bits per heavy atom. The molecule has 2 rings (SSSR count). The normalized spacial score (nSPS) is 10.2. The standard InChI is InChI=1S/C15H15NO4S/c1-19-12-7-8-16-11(14(12)20-2)9-21-13-6-4-3-5-10(13)15(17)18/h3-8H,9H2,1-2H3,(H,17,18). The van der Waals surface area contributed by atoms with Gasteiger partial charge in [-0.15, -0.1) is 11.8 Å². The molecule has 0 spiro atoms. The highest BCUT2D eigenvalue weighted by Crippen LogP contribution is 2.34. The number of pyridine rings is 1. The highest BCUT2D eigenvalue weighted by molar-refractivity contribution is 7.98. The van der Waals surface area contributed by atoms with Gasteiger partial charge in [-0.25, -0.2) is 4.79 Å². The molecule has 0 aliphatic heterocycles. The molecule has 0 amide bonds. The lowest BCUT2D eigenvalue weighted by Crippen LogP contribution is -2.00. The van der Waals surface area contributed by atoms with Crippen LogP contribution in [-0.2, 0) is 5.75 Å². The van der Waals surface area contributed by atoms with Gasteiger partial charge in [0.05, 0.1) is 25.5 Å². The van der Waals surface area contributed by atoms with E-state index in [-0.39, 0.29) is 5.56 Å². The summed E-state index contributed by atoms with van der Waals surface area (Å²) in [7, 11) is 3.12. The first-order valence-corrected chi connectivity index (χ1v) is 7.17. The molecule has 2 aromatic rings. The number of carboxylic acids is 1. The Morgan fingerprint density at radius 3 is 2.67 bits per heavy atom. The molecule has 110 valence electrons. The van der Waals surface area contributed by atoms with Gasteiger partial charge in [0, 0.05) is 22.9 Å². The van der Waals surface area contributed by atoms with Crippen LogP contribution in [0.4, 0.5) is 0 Å². The van der Waals surface area contributed by atoms with Crippen LogP contribution in [0.5, 0.6) is 11.5 Å². The van der Waals surface area contributed by atoms with E-state index < -0.39 is 5.97 Å². The number of rotatable bonds is 6. The molecule has 0 unspecified atom stereocenters. The molecular formula is C15H15NO4S. The Kier molecular flexibility index (Phi) is 5.05. The molecule has 0 aliphatic carbocycles. The summed E-state index contributed by atoms with van der Waals surface area (Å²) in [5, 5.41) is 9.17. The number of hydrogen-bond donors (Lipinski definition) is 1. The zero-order valence-corrected chi connectivity index (χ0v) is 12.5. The average Bonchev–Trinajstić information content (AvgIpc) is 2.52. The van der Waals surface area contributed by atoms with Crippen LogP contribution in [-0.4, -0.2) is 30.3 Å². The van der Waals surface area contributed by atoms with Gasteiger partial charge in [0.2, 0.25) is 0 Å². The number of nitrogens with zero attached hydrogens (tertiary/aromatic N) is 1. The molecule has 1 aromatic heterocycles. The molecule has 0 fully saturated rings. The molecule has 0 bridgehead atoms. The van der Waals surface area contributed by atoms with Crippen molar-refractivity contribution >= 4 is 17.7 Å². The molecular weight excluding hydrogens is 290 g/mol. The maximum absolute atomic E-state index is 11.2. The van der Waals surface area contributed by atoms with Crippen molar-refractivity contribution in [2.75, 3.05) is 14.2 Å². The summed E-state index contributed by atoms with van der Waals surface area (Å²) >= 11 is 1.40. The van der Waals surface area contributed by atoms with E-state index in [9.17, 15) is 9.90 Å².